The molecule has 1 aliphatic carbocycles. The number of hydrogen-bond acceptors (Lipinski definition) is 2. The lowest BCUT2D eigenvalue weighted by molar-refractivity contribution is 0.241. The summed E-state index contributed by atoms with van der Waals surface area (Å²) in [5.41, 5.74) is 4.80. The van der Waals surface area contributed by atoms with Crippen molar-refractivity contribution in [1.29, 1.82) is 0 Å². The molecule has 0 spiro atoms. The van der Waals surface area contributed by atoms with Crippen LogP contribution in [0, 0.1) is 0 Å². The molecule has 142 valence electrons. The van der Waals surface area contributed by atoms with Gasteiger partial charge < -0.3 is 4.74 Å². The van der Waals surface area contributed by atoms with Gasteiger partial charge in [-0.1, -0.05) is 38.8 Å². The van der Waals surface area contributed by atoms with Crippen molar-refractivity contribution in [3.8, 4) is 16.9 Å². The van der Waals surface area contributed by atoms with Crippen LogP contribution in [0.5, 0.6) is 5.75 Å². The highest BCUT2D eigenvalue weighted by atomic mass is 19.3. The number of nitrogens with zero attached hydrogens (tertiary/aromatic N) is 1. The predicted octanol–water partition coefficient (Wildman–Crippen LogP) is 7.30. The van der Waals surface area contributed by atoms with Gasteiger partial charge in [-0.3, -0.25) is 4.99 Å². The molecule has 2 nitrogen and oxygen atoms in total. The first kappa shape index (κ1) is 19.2. The molecule has 0 heterocycles. The van der Waals surface area contributed by atoms with Crippen LogP contribution >= 0.6 is 0 Å². The Balaban J connectivity index is 2.21. The fourth-order valence-electron chi connectivity index (χ4n) is 4.28. The summed E-state index contributed by atoms with van der Waals surface area (Å²) in [7, 11) is 0. The number of aliphatic imine (C=N–C) groups is 1. The third-order valence-corrected chi connectivity index (χ3v) is 5.21. The average Bonchev–Trinajstić information content (AvgIpc) is 2.91. The molecule has 0 saturated heterocycles. The fraction of sp³-hybridized carbons (Fsp3) is 0.318. The van der Waals surface area contributed by atoms with Crippen molar-refractivity contribution in [2.45, 2.75) is 44.9 Å². The van der Waals surface area contributed by atoms with Gasteiger partial charge in [-0.05, 0) is 66.1 Å². The summed E-state index contributed by atoms with van der Waals surface area (Å²) in [5.74, 6) is 0.0745. The van der Waals surface area contributed by atoms with Gasteiger partial charge in [-0.2, -0.15) is 13.2 Å². The molecule has 5 heteroatoms. The molecule has 0 saturated carbocycles. The van der Waals surface area contributed by atoms with Gasteiger partial charge in [0.2, 0.25) is 0 Å². The van der Waals surface area contributed by atoms with E-state index in [1.807, 2.05) is 18.2 Å². The Hall–Kier alpha value is -2.56. The molecule has 3 rings (SSSR count). The van der Waals surface area contributed by atoms with Crippen LogP contribution in [0.4, 0.5) is 18.9 Å². The summed E-state index contributed by atoms with van der Waals surface area (Å²) < 4.78 is 42.9. The van der Waals surface area contributed by atoms with Crippen LogP contribution in [-0.2, 0) is 5.41 Å². The first-order valence-corrected chi connectivity index (χ1v) is 9.11. The van der Waals surface area contributed by atoms with E-state index in [0.717, 1.165) is 53.6 Å². The van der Waals surface area contributed by atoms with Crippen LogP contribution in [-0.4, -0.2) is 6.72 Å². The van der Waals surface area contributed by atoms with Crippen molar-refractivity contribution in [3.05, 3.63) is 59.6 Å². The summed E-state index contributed by atoms with van der Waals surface area (Å²) in [5, 5.41) is 0. The topological polar surface area (TPSA) is 21.6 Å². The van der Waals surface area contributed by atoms with E-state index < -0.39 is 12.1 Å². The molecule has 27 heavy (non-hydrogen) atoms. The molecule has 0 atom stereocenters. The Morgan fingerprint density at radius 3 is 2.11 bits per heavy atom. The number of rotatable bonds is 7. The number of halogens is 3. The molecular formula is C22H22F3NO. The SMILES string of the molecule is C=Nc1ccc2c(c1)C(CCC)(CCC)c1cc(OC(F)=C(F)F)ccc1-2. The second kappa shape index (κ2) is 7.59. The molecule has 0 aromatic heterocycles. The van der Waals surface area contributed by atoms with E-state index in [1.54, 1.807) is 6.07 Å². The summed E-state index contributed by atoms with van der Waals surface area (Å²) in [6, 6.07) is 9.17. The molecule has 2 aromatic rings. The third kappa shape index (κ3) is 3.27. The van der Waals surface area contributed by atoms with Crippen LogP contribution in [0.25, 0.3) is 11.1 Å². The number of ether oxygens (including phenoxy) is 1. The monoisotopic (exact) mass is 373 g/mol. The second-order valence-electron chi connectivity index (χ2n) is 6.81. The molecule has 0 N–H and O–H groups in total. The van der Waals surface area contributed by atoms with Gasteiger partial charge in [-0.25, -0.2) is 0 Å². The first-order valence-electron chi connectivity index (χ1n) is 9.11. The first-order chi connectivity index (χ1) is 13.0. The zero-order valence-corrected chi connectivity index (χ0v) is 15.5. The summed E-state index contributed by atoms with van der Waals surface area (Å²) >= 11 is 0. The quantitative estimate of drug-likeness (QED) is 0.368. The van der Waals surface area contributed by atoms with E-state index in [1.165, 1.54) is 6.07 Å². The average molecular weight is 373 g/mol. The predicted molar refractivity (Wildman–Crippen MR) is 103 cm³/mol. The lowest BCUT2D eigenvalue weighted by Gasteiger charge is -2.32. The molecule has 1 aliphatic rings. The highest BCUT2D eigenvalue weighted by Crippen LogP contribution is 2.55. The molecule has 0 unspecified atom stereocenters. The number of hydrogen-bond donors (Lipinski definition) is 0. The zero-order chi connectivity index (χ0) is 19.6. The lowest BCUT2D eigenvalue weighted by Crippen LogP contribution is -2.25. The van der Waals surface area contributed by atoms with E-state index in [0.29, 0.717) is 0 Å². The number of fused-ring (bicyclic) bond motifs is 3. The molecule has 0 radical (unpaired) electrons. The van der Waals surface area contributed by atoms with Gasteiger partial charge in [0.05, 0.1) is 5.69 Å². The Morgan fingerprint density at radius 2 is 1.56 bits per heavy atom. The third-order valence-electron chi connectivity index (χ3n) is 5.21. The van der Waals surface area contributed by atoms with Crippen molar-refractivity contribution in [2.75, 3.05) is 0 Å². The van der Waals surface area contributed by atoms with Crippen molar-refractivity contribution < 1.29 is 17.9 Å². The highest BCUT2D eigenvalue weighted by molar-refractivity contribution is 5.83. The van der Waals surface area contributed by atoms with E-state index >= 15 is 0 Å². The lowest BCUT2D eigenvalue weighted by atomic mass is 9.71. The van der Waals surface area contributed by atoms with Gasteiger partial charge in [0.25, 0.3) is 0 Å². The fourth-order valence-corrected chi connectivity index (χ4v) is 4.28. The molecular weight excluding hydrogens is 351 g/mol. The van der Waals surface area contributed by atoms with E-state index in [9.17, 15) is 13.2 Å². The van der Waals surface area contributed by atoms with Gasteiger partial charge in [0.15, 0.2) is 0 Å². The normalized spacial score (nSPS) is 13.7. The molecule has 0 amide bonds. The maximum absolute atomic E-state index is 13.3. The molecule has 0 bridgehead atoms. The van der Waals surface area contributed by atoms with Crippen LogP contribution < -0.4 is 4.74 Å². The second-order valence-corrected chi connectivity index (χ2v) is 6.81. The smallest absolute Gasteiger partial charge is 0.344 e. The standard InChI is InChI=1S/C22H22F3NO/c1-4-10-22(11-5-2)18-12-14(26-3)6-8-16(18)17-9-7-15(13-19(17)22)27-21(25)20(23)24/h6-9,12-13H,3-5,10-11H2,1-2H3. The van der Waals surface area contributed by atoms with Crippen molar-refractivity contribution in [3.63, 3.8) is 0 Å². The summed E-state index contributed by atoms with van der Waals surface area (Å²) in [6.45, 7) is 7.85. The minimum Gasteiger partial charge on any atom is -0.428 e. The van der Waals surface area contributed by atoms with Crippen molar-refractivity contribution in [1.82, 2.24) is 0 Å². The van der Waals surface area contributed by atoms with E-state index in [-0.39, 0.29) is 11.2 Å². The molecule has 0 aliphatic heterocycles. The Morgan fingerprint density at radius 1 is 0.963 bits per heavy atom. The Labute approximate surface area is 157 Å². The zero-order valence-electron chi connectivity index (χ0n) is 15.5. The van der Waals surface area contributed by atoms with Crippen LogP contribution in [0.2, 0.25) is 0 Å². The van der Waals surface area contributed by atoms with Crippen LogP contribution in [0.1, 0.15) is 50.7 Å². The van der Waals surface area contributed by atoms with Crippen molar-refractivity contribution >= 4 is 12.4 Å². The van der Waals surface area contributed by atoms with Crippen LogP contribution in [0.15, 0.2) is 53.5 Å². The summed E-state index contributed by atoms with van der Waals surface area (Å²) in [4.78, 5) is 4.06. The summed E-state index contributed by atoms with van der Waals surface area (Å²) in [6.07, 6.45) is 1.21. The van der Waals surface area contributed by atoms with Crippen LogP contribution in [0.3, 0.4) is 0 Å². The minimum atomic E-state index is -2.46. The maximum atomic E-state index is 13.3. The van der Waals surface area contributed by atoms with Gasteiger partial charge in [-0.15, -0.1) is 0 Å². The number of benzene rings is 2. The Bertz CT molecular complexity index is 894. The van der Waals surface area contributed by atoms with Gasteiger partial charge >= 0.3 is 12.1 Å². The Kier molecular flexibility index (Phi) is 5.40. The highest BCUT2D eigenvalue weighted by Gasteiger charge is 2.42. The van der Waals surface area contributed by atoms with E-state index in [2.05, 4.69) is 31.6 Å². The largest absolute Gasteiger partial charge is 0.428 e. The van der Waals surface area contributed by atoms with Crippen molar-refractivity contribution in [2.24, 2.45) is 4.99 Å². The molecule has 0 fully saturated rings. The maximum Gasteiger partial charge on any atom is 0.344 e. The van der Waals surface area contributed by atoms with Gasteiger partial charge in [0.1, 0.15) is 5.75 Å². The van der Waals surface area contributed by atoms with E-state index in [4.69, 9.17) is 4.74 Å². The van der Waals surface area contributed by atoms with Gasteiger partial charge in [0, 0.05) is 5.41 Å². The molecule has 2 aromatic carbocycles. The minimum absolute atomic E-state index is 0.0745.